The quantitative estimate of drug-likeness (QED) is 0.778. The third-order valence-electron chi connectivity index (χ3n) is 3.14. The van der Waals surface area contributed by atoms with E-state index in [9.17, 15) is 4.79 Å². The summed E-state index contributed by atoms with van der Waals surface area (Å²) in [5.74, 6) is 0.388. The molecule has 0 unspecified atom stereocenters. The van der Waals surface area contributed by atoms with Crippen LogP contribution in [0.2, 0.25) is 0 Å². The van der Waals surface area contributed by atoms with Crippen LogP contribution in [-0.2, 0) is 4.74 Å². The molecule has 0 bridgehead atoms. The molecule has 0 aliphatic heterocycles. The van der Waals surface area contributed by atoms with Gasteiger partial charge < -0.3 is 15.4 Å². The number of hydrogen-bond donors (Lipinski definition) is 1. The van der Waals surface area contributed by atoms with Crippen LogP contribution in [0.15, 0.2) is 0 Å². The fourth-order valence-corrected chi connectivity index (χ4v) is 2.22. The zero-order valence-corrected chi connectivity index (χ0v) is 11.2. The van der Waals surface area contributed by atoms with Crippen LogP contribution < -0.4 is 5.73 Å². The second-order valence-corrected chi connectivity index (χ2v) is 5.24. The molecule has 0 spiro atoms. The molecule has 1 rings (SSSR count). The maximum absolute atomic E-state index is 12.0. The molecule has 1 amide bonds. The van der Waals surface area contributed by atoms with Crippen LogP contribution in [0.3, 0.4) is 0 Å². The Morgan fingerprint density at radius 1 is 1.41 bits per heavy atom. The zero-order chi connectivity index (χ0) is 12.7. The first-order valence-corrected chi connectivity index (χ1v) is 6.78. The SMILES string of the molecule is CC(C)COC(=O)N(CCCN)C1CCCC1. The van der Waals surface area contributed by atoms with E-state index in [1.807, 2.05) is 18.7 Å². The highest BCUT2D eigenvalue weighted by Gasteiger charge is 2.27. The lowest BCUT2D eigenvalue weighted by atomic mass is 10.2. The third kappa shape index (κ3) is 4.94. The van der Waals surface area contributed by atoms with Crippen LogP contribution in [-0.4, -0.2) is 36.7 Å². The number of carbonyl (C=O) groups excluding carboxylic acids is 1. The summed E-state index contributed by atoms with van der Waals surface area (Å²) >= 11 is 0. The topological polar surface area (TPSA) is 55.6 Å². The van der Waals surface area contributed by atoms with Crippen LogP contribution >= 0.6 is 0 Å². The average Bonchev–Trinajstić information content (AvgIpc) is 2.80. The Kier molecular flexibility index (Phi) is 6.34. The predicted molar refractivity (Wildman–Crippen MR) is 68.8 cm³/mol. The molecule has 0 heterocycles. The molecule has 0 aromatic heterocycles. The van der Waals surface area contributed by atoms with E-state index in [1.165, 1.54) is 12.8 Å². The number of hydrogen-bond acceptors (Lipinski definition) is 3. The molecule has 0 saturated heterocycles. The Hall–Kier alpha value is -0.770. The van der Waals surface area contributed by atoms with Gasteiger partial charge in [-0.25, -0.2) is 4.79 Å². The van der Waals surface area contributed by atoms with Gasteiger partial charge in [0.25, 0.3) is 0 Å². The lowest BCUT2D eigenvalue weighted by molar-refractivity contribution is 0.0775. The molecular formula is C13H26N2O2. The summed E-state index contributed by atoms with van der Waals surface area (Å²) in [6, 6.07) is 0.376. The van der Waals surface area contributed by atoms with Crippen molar-refractivity contribution in [2.45, 2.75) is 52.0 Å². The van der Waals surface area contributed by atoms with E-state index in [0.717, 1.165) is 25.8 Å². The van der Waals surface area contributed by atoms with Crippen molar-refractivity contribution in [3.8, 4) is 0 Å². The molecule has 2 N–H and O–H groups in total. The predicted octanol–water partition coefficient (Wildman–Crippen LogP) is 2.37. The van der Waals surface area contributed by atoms with E-state index in [1.54, 1.807) is 0 Å². The fourth-order valence-electron chi connectivity index (χ4n) is 2.22. The van der Waals surface area contributed by atoms with Crippen molar-refractivity contribution < 1.29 is 9.53 Å². The minimum Gasteiger partial charge on any atom is -0.449 e. The van der Waals surface area contributed by atoms with Gasteiger partial charge in [0.05, 0.1) is 6.61 Å². The van der Waals surface area contributed by atoms with Crippen molar-refractivity contribution in [2.24, 2.45) is 11.7 Å². The highest BCUT2D eigenvalue weighted by molar-refractivity contribution is 5.68. The molecule has 1 fully saturated rings. The van der Waals surface area contributed by atoms with Gasteiger partial charge in [0, 0.05) is 12.6 Å². The van der Waals surface area contributed by atoms with E-state index < -0.39 is 0 Å². The Balaban J connectivity index is 2.45. The van der Waals surface area contributed by atoms with Gasteiger partial charge in [-0.3, -0.25) is 0 Å². The summed E-state index contributed by atoms with van der Waals surface area (Å²) in [7, 11) is 0. The number of nitrogens with zero attached hydrogens (tertiary/aromatic N) is 1. The van der Waals surface area contributed by atoms with Gasteiger partial charge in [0.15, 0.2) is 0 Å². The molecule has 4 heteroatoms. The van der Waals surface area contributed by atoms with Gasteiger partial charge in [0.2, 0.25) is 0 Å². The molecule has 1 saturated carbocycles. The Morgan fingerprint density at radius 2 is 2.06 bits per heavy atom. The van der Waals surface area contributed by atoms with Crippen LogP contribution in [0.25, 0.3) is 0 Å². The van der Waals surface area contributed by atoms with Crippen molar-refractivity contribution in [1.29, 1.82) is 0 Å². The first-order chi connectivity index (χ1) is 8.15. The first kappa shape index (κ1) is 14.3. The summed E-state index contributed by atoms with van der Waals surface area (Å²) in [4.78, 5) is 13.9. The smallest absolute Gasteiger partial charge is 0.410 e. The maximum atomic E-state index is 12.0. The summed E-state index contributed by atoms with van der Waals surface area (Å²) in [6.07, 6.45) is 5.37. The van der Waals surface area contributed by atoms with E-state index in [2.05, 4.69) is 0 Å². The van der Waals surface area contributed by atoms with Crippen LogP contribution in [0.4, 0.5) is 4.79 Å². The minimum absolute atomic E-state index is 0.154. The summed E-state index contributed by atoms with van der Waals surface area (Å²) in [5, 5.41) is 0. The normalized spacial score (nSPS) is 16.5. The van der Waals surface area contributed by atoms with E-state index in [-0.39, 0.29) is 6.09 Å². The summed E-state index contributed by atoms with van der Waals surface area (Å²) < 4.78 is 5.32. The Morgan fingerprint density at radius 3 is 2.59 bits per heavy atom. The van der Waals surface area contributed by atoms with Gasteiger partial charge in [-0.05, 0) is 31.7 Å². The minimum atomic E-state index is -0.154. The molecule has 1 aliphatic rings. The van der Waals surface area contributed by atoms with Crippen LogP contribution in [0.5, 0.6) is 0 Å². The Bertz CT molecular complexity index is 225. The average molecular weight is 242 g/mol. The van der Waals surface area contributed by atoms with Crippen molar-refractivity contribution in [2.75, 3.05) is 19.7 Å². The Labute approximate surface area is 104 Å². The highest BCUT2D eigenvalue weighted by atomic mass is 16.6. The maximum Gasteiger partial charge on any atom is 0.410 e. The molecule has 17 heavy (non-hydrogen) atoms. The number of amides is 1. The molecule has 4 nitrogen and oxygen atoms in total. The third-order valence-corrected chi connectivity index (χ3v) is 3.14. The van der Waals surface area contributed by atoms with Crippen LogP contribution in [0, 0.1) is 5.92 Å². The molecule has 0 radical (unpaired) electrons. The second-order valence-electron chi connectivity index (χ2n) is 5.24. The van der Waals surface area contributed by atoms with Gasteiger partial charge >= 0.3 is 6.09 Å². The van der Waals surface area contributed by atoms with Gasteiger partial charge in [-0.2, -0.15) is 0 Å². The number of carbonyl (C=O) groups is 1. The van der Waals surface area contributed by atoms with Crippen molar-refractivity contribution in [3.05, 3.63) is 0 Å². The standard InChI is InChI=1S/C13H26N2O2/c1-11(2)10-17-13(16)15(9-5-8-14)12-6-3-4-7-12/h11-12H,3-10,14H2,1-2H3. The lowest BCUT2D eigenvalue weighted by Crippen LogP contribution is -2.40. The molecule has 0 atom stereocenters. The summed E-state index contributed by atoms with van der Waals surface area (Å²) in [5.41, 5.74) is 5.52. The highest BCUT2D eigenvalue weighted by Crippen LogP contribution is 2.24. The van der Waals surface area contributed by atoms with Gasteiger partial charge in [-0.15, -0.1) is 0 Å². The van der Waals surface area contributed by atoms with E-state index >= 15 is 0 Å². The zero-order valence-electron chi connectivity index (χ0n) is 11.2. The van der Waals surface area contributed by atoms with Crippen molar-refractivity contribution in [3.63, 3.8) is 0 Å². The van der Waals surface area contributed by atoms with Crippen molar-refractivity contribution in [1.82, 2.24) is 4.90 Å². The number of rotatable bonds is 6. The second kappa shape index (κ2) is 7.54. The van der Waals surface area contributed by atoms with Gasteiger partial charge in [-0.1, -0.05) is 26.7 Å². The van der Waals surface area contributed by atoms with Crippen LogP contribution in [0.1, 0.15) is 46.0 Å². The largest absolute Gasteiger partial charge is 0.449 e. The van der Waals surface area contributed by atoms with Crippen molar-refractivity contribution >= 4 is 6.09 Å². The number of nitrogens with two attached hydrogens (primary N) is 1. The molecular weight excluding hydrogens is 216 g/mol. The molecule has 0 aromatic carbocycles. The van der Waals surface area contributed by atoms with Gasteiger partial charge in [0.1, 0.15) is 0 Å². The fraction of sp³-hybridized carbons (Fsp3) is 0.923. The monoisotopic (exact) mass is 242 g/mol. The lowest BCUT2D eigenvalue weighted by Gasteiger charge is -2.28. The number of ether oxygens (including phenoxy) is 1. The van der Waals surface area contributed by atoms with E-state index in [0.29, 0.717) is 25.1 Å². The van der Waals surface area contributed by atoms with E-state index in [4.69, 9.17) is 10.5 Å². The molecule has 0 aromatic rings. The molecule has 1 aliphatic carbocycles. The molecule has 100 valence electrons. The summed E-state index contributed by atoms with van der Waals surface area (Å²) in [6.45, 7) is 5.96. The first-order valence-electron chi connectivity index (χ1n) is 6.78.